The van der Waals surface area contributed by atoms with E-state index in [4.69, 9.17) is 0 Å². The van der Waals surface area contributed by atoms with Crippen molar-refractivity contribution in [2.45, 2.75) is 44.2 Å². The summed E-state index contributed by atoms with van der Waals surface area (Å²) in [6.45, 7) is 4.27. The van der Waals surface area contributed by atoms with Crippen LogP contribution in [0.2, 0.25) is 0 Å². The molecule has 17 heavy (non-hydrogen) atoms. The van der Waals surface area contributed by atoms with Crippen LogP contribution in [0, 0.1) is 6.92 Å². The van der Waals surface area contributed by atoms with Crippen molar-refractivity contribution in [1.29, 1.82) is 0 Å². The summed E-state index contributed by atoms with van der Waals surface area (Å²) >= 11 is 0. The Bertz CT molecular complexity index is 403. The fraction of sp³-hybridized carbons (Fsp3) is 0.600. The quantitative estimate of drug-likeness (QED) is 0.845. The Morgan fingerprint density at radius 3 is 2.53 bits per heavy atom. The minimum atomic E-state index is -0.0699. The van der Waals surface area contributed by atoms with Crippen molar-refractivity contribution >= 4 is 0 Å². The molecule has 0 amide bonds. The van der Waals surface area contributed by atoms with E-state index in [0.29, 0.717) is 5.54 Å². The van der Waals surface area contributed by atoms with Crippen molar-refractivity contribution in [1.82, 2.24) is 4.90 Å². The van der Waals surface area contributed by atoms with Gasteiger partial charge in [0.25, 0.3) is 0 Å². The van der Waals surface area contributed by atoms with E-state index < -0.39 is 0 Å². The summed E-state index contributed by atoms with van der Waals surface area (Å²) in [6.07, 6.45) is 4.37. The van der Waals surface area contributed by atoms with E-state index in [1.165, 1.54) is 24.0 Å². The maximum absolute atomic E-state index is 9.60. The molecule has 1 N–H and O–H groups in total. The van der Waals surface area contributed by atoms with Crippen molar-refractivity contribution in [3.8, 4) is 0 Å². The van der Waals surface area contributed by atoms with Gasteiger partial charge in [0.2, 0.25) is 0 Å². The molecular weight excluding hydrogens is 210 g/mol. The zero-order valence-electron chi connectivity index (χ0n) is 10.5. The maximum Gasteiger partial charge on any atom is 0.0564 e. The number of hydrogen-bond donors (Lipinski definition) is 1. The van der Waals surface area contributed by atoms with E-state index in [9.17, 15) is 5.11 Å². The van der Waals surface area contributed by atoms with Crippen LogP contribution in [0.4, 0.5) is 0 Å². The lowest BCUT2D eigenvalue weighted by molar-refractivity contribution is 0.0522. The lowest BCUT2D eigenvalue weighted by Crippen LogP contribution is -2.42. The highest BCUT2D eigenvalue weighted by Gasteiger charge is 2.49. The molecule has 1 saturated heterocycles. The summed E-state index contributed by atoms with van der Waals surface area (Å²) in [4.78, 5) is 2.59. The number of hydrogen-bond acceptors (Lipinski definition) is 2. The van der Waals surface area contributed by atoms with Crippen LogP contribution in [0.15, 0.2) is 24.3 Å². The van der Waals surface area contributed by atoms with Gasteiger partial charge in [0.15, 0.2) is 0 Å². The number of aryl methyl sites for hydroxylation is 1. The van der Waals surface area contributed by atoms with Crippen molar-refractivity contribution in [3.63, 3.8) is 0 Å². The summed E-state index contributed by atoms with van der Waals surface area (Å²) in [5.41, 5.74) is 3.14. The van der Waals surface area contributed by atoms with Gasteiger partial charge in [0, 0.05) is 18.6 Å². The highest BCUT2D eigenvalue weighted by atomic mass is 16.3. The average molecular weight is 231 g/mol. The summed E-state index contributed by atoms with van der Waals surface area (Å²) in [7, 11) is 0. The number of likely N-dealkylation sites (tertiary alicyclic amines) is 1. The molecular formula is C15H21NO. The second-order valence-corrected chi connectivity index (χ2v) is 5.62. The number of nitrogens with zero attached hydrogens (tertiary/aromatic N) is 1. The monoisotopic (exact) mass is 231 g/mol. The lowest BCUT2D eigenvalue weighted by Gasteiger charge is -2.37. The molecule has 1 aromatic carbocycles. The first kappa shape index (κ1) is 11.2. The molecule has 2 fully saturated rings. The minimum Gasteiger partial charge on any atom is -0.393 e. The van der Waals surface area contributed by atoms with Gasteiger partial charge in [-0.05, 0) is 38.2 Å². The van der Waals surface area contributed by atoms with E-state index in [2.05, 4.69) is 36.1 Å². The first-order valence-electron chi connectivity index (χ1n) is 6.71. The third kappa shape index (κ3) is 2.00. The van der Waals surface area contributed by atoms with Crippen molar-refractivity contribution in [2.24, 2.45) is 0 Å². The molecule has 1 aliphatic carbocycles. The van der Waals surface area contributed by atoms with Crippen LogP contribution in [-0.4, -0.2) is 29.2 Å². The van der Waals surface area contributed by atoms with Crippen LogP contribution < -0.4 is 0 Å². The number of benzene rings is 1. The smallest absolute Gasteiger partial charge is 0.0564 e. The Kier molecular flexibility index (Phi) is 2.72. The van der Waals surface area contributed by atoms with Gasteiger partial charge in [-0.3, -0.25) is 4.90 Å². The van der Waals surface area contributed by atoms with Crippen molar-refractivity contribution < 1.29 is 5.11 Å². The molecule has 1 aliphatic heterocycles. The topological polar surface area (TPSA) is 23.5 Å². The molecule has 0 radical (unpaired) electrons. The van der Waals surface area contributed by atoms with Gasteiger partial charge >= 0.3 is 0 Å². The van der Waals surface area contributed by atoms with Gasteiger partial charge in [0.05, 0.1) is 6.10 Å². The normalized spacial score (nSPS) is 24.8. The van der Waals surface area contributed by atoms with E-state index in [1.54, 1.807) is 0 Å². The predicted octanol–water partition coefficient (Wildman–Crippen LogP) is 2.44. The number of aliphatic hydroxyl groups excluding tert-OH is 1. The van der Waals surface area contributed by atoms with E-state index in [-0.39, 0.29) is 6.10 Å². The second-order valence-electron chi connectivity index (χ2n) is 5.62. The first-order chi connectivity index (χ1) is 8.21. The predicted molar refractivity (Wildman–Crippen MR) is 68.9 cm³/mol. The van der Waals surface area contributed by atoms with Crippen LogP contribution in [0.25, 0.3) is 0 Å². The third-order valence-electron chi connectivity index (χ3n) is 4.35. The van der Waals surface area contributed by atoms with E-state index in [1.807, 2.05) is 0 Å². The number of piperidine rings is 1. The SMILES string of the molecule is Cc1cccc(C2(N3CCC(O)CC3)CC2)c1. The number of aliphatic hydroxyl groups is 1. The highest BCUT2D eigenvalue weighted by Crippen LogP contribution is 2.51. The third-order valence-corrected chi connectivity index (χ3v) is 4.35. The Morgan fingerprint density at radius 2 is 1.94 bits per heavy atom. The molecule has 2 aliphatic rings. The van der Waals surface area contributed by atoms with E-state index >= 15 is 0 Å². The molecule has 1 saturated carbocycles. The van der Waals surface area contributed by atoms with Gasteiger partial charge in [0.1, 0.15) is 0 Å². The van der Waals surface area contributed by atoms with Crippen LogP contribution in [0.3, 0.4) is 0 Å². The molecule has 0 unspecified atom stereocenters. The first-order valence-corrected chi connectivity index (χ1v) is 6.71. The Morgan fingerprint density at radius 1 is 1.24 bits per heavy atom. The molecule has 3 rings (SSSR count). The van der Waals surface area contributed by atoms with Crippen molar-refractivity contribution in [2.75, 3.05) is 13.1 Å². The molecule has 1 heterocycles. The fourth-order valence-electron chi connectivity index (χ4n) is 3.13. The summed E-state index contributed by atoms with van der Waals surface area (Å²) < 4.78 is 0. The van der Waals surface area contributed by atoms with Gasteiger partial charge in [-0.25, -0.2) is 0 Å². The molecule has 0 bridgehead atoms. The summed E-state index contributed by atoms with van der Waals surface area (Å²) in [5.74, 6) is 0. The Balaban J connectivity index is 1.82. The minimum absolute atomic E-state index is 0.0699. The highest BCUT2D eigenvalue weighted by molar-refractivity contribution is 5.33. The van der Waals surface area contributed by atoms with Gasteiger partial charge in [-0.15, -0.1) is 0 Å². The van der Waals surface area contributed by atoms with Crippen LogP contribution in [-0.2, 0) is 5.54 Å². The zero-order valence-corrected chi connectivity index (χ0v) is 10.5. The van der Waals surface area contributed by atoms with Gasteiger partial charge < -0.3 is 5.11 Å². The van der Waals surface area contributed by atoms with Gasteiger partial charge in [-0.2, -0.15) is 0 Å². The second kappa shape index (κ2) is 4.11. The molecule has 92 valence electrons. The zero-order chi connectivity index (χ0) is 11.9. The summed E-state index contributed by atoms with van der Waals surface area (Å²) in [5, 5.41) is 9.60. The molecule has 2 heteroatoms. The fourth-order valence-corrected chi connectivity index (χ4v) is 3.13. The maximum atomic E-state index is 9.60. The van der Waals surface area contributed by atoms with Crippen molar-refractivity contribution in [3.05, 3.63) is 35.4 Å². The molecule has 0 aromatic heterocycles. The largest absolute Gasteiger partial charge is 0.393 e. The molecule has 1 aromatic rings. The Labute approximate surface area is 103 Å². The standard InChI is InChI=1S/C15H21NO/c1-12-3-2-4-13(11-12)15(7-8-15)16-9-5-14(17)6-10-16/h2-4,11,14,17H,5-10H2,1H3. The van der Waals surface area contributed by atoms with Crippen LogP contribution in [0.1, 0.15) is 36.8 Å². The van der Waals surface area contributed by atoms with Crippen LogP contribution in [0.5, 0.6) is 0 Å². The van der Waals surface area contributed by atoms with Gasteiger partial charge in [-0.1, -0.05) is 29.8 Å². The molecule has 2 nitrogen and oxygen atoms in total. The average Bonchev–Trinajstić information content (AvgIpc) is 3.11. The molecule has 0 atom stereocenters. The Hall–Kier alpha value is -0.860. The number of rotatable bonds is 2. The van der Waals surface area contributed by atoms with E-state index in [0.717, 1.165) is 25.9 Å². The van der Waals surface area contributed by atoms with Crippen LogP contribution >= 0.6 is 0 Å². The summed E-state index contributed by atoms with van der Waals surface area (Å²) in [6, 6.07) is 8.94. The lowest BCUT2D eigenvalue weighted by atomic mass is 9.97. The molecule has 0 spiro atoms.